The van der Waals surface area contributed by atoms with Crippen molar-refractivity contribution in [3.05, 3.63) is 99.2 Å². The lowest BCUT2D eigenvalue weighted by Crippen LogP contribution is -2.43. The summed E-state index contributed by atoms with van der Waals surface area (Å²) in [4.78, 5) is 34.3. The van der Waals surface area contributed by atoms with Gasteiger partial charge < -0.3 is 19.5 Å². The van der Waals surface area contributed by atoms with Gasteiger partial charge in [0.1, 0.15) is 34.6 Å². The van der Waals surface area contributed by atoms with Crippen molar-refractivity contribution in [2.75, 3.05) is 13.1 Å². The van der Waals surface area contributed by atoms with Crippen LogP contribution >= 0.6 is 0 Å². The molecule has 3 heterocycles. The number of nitriles is 1. The number of hydrogen-bond donors (Lipinski definition) is 1. The van der Waals surface area contributed by atoms with Crippen LogP contribution in [0.4, 0.5) is 4.39 Å². The van der Waals surface area contributed by atoms with Gasteiger partial charge in [-0.05, 0) is 55.3 Å². The molecule has 40 heavy (non-hydrogen) atoms. The Bertz CT molecular complexity index is 1810. The monoisotopic (exact) mass is 541 g/mol. The van der Waals surface area contributed by atoms with Crippen LogP contribution in [0.5, 0.6) is 0 Å². The van der Waals surface area contributed by atoms with Crippen LogP contribution in [0.25, 0.3) is 22.1 Å². The fourth-order valence-electron chi connectivity index (χ4n) is 4.94. The van der Waals surface area contributed by atoms with Crippen LogP contribution in [-0.2, 0) is 6.54 Å². The third-order valence-electron chi connectivity index (χ3n) is 6.81. The lowest BCUT2D eigenvalue weighted by atomic mass is 9.99. The van der Waals surface area contributed by atoms with Gasteiger partial charge in [0.05, 0.1) is 12.6 Å². The van der Waals surface area contributed by atoms with Gasteiger partial charge in [0.15, 0.2) is 0 Å². The van der Waals surface area contributed by atoms with Crippen molar-refractivity contribution in [3.8, 4) is 6.07 Å². The lowest BCUT2D eigenvalue weighted by molar-refractivity contribution is 0.0612. The molecule has 0 saturated heterocycles. The number of benzene rings is 2. The highest BCUT2D eigenvalue weighted by Crippen LogP contribution is 2.32. The minimum atomic E-state index is -0.696. The van der Waals surface area contributed by atoms with E-state index in [1.165, 1.54) is 28.8 Å². The van der Waals surface area contributed by atoms with Gasteiger partial charge in [-0.2, -0.15) is 5.26 Å². The number of carbonyl (C=O) groups excluding carboxylic acids is 1. The zero-order valence-electron chi connectivity index (χ0n) is 22.3. The molecule has 0 aliphatic carbocycles. The van der Waals surface area contributed by atoms with E-state index in [1.807, 2.05) is 39.0 Å². The summed E-state index contributed by atoms with van der Waals surface area (Å²) in [6.07, 6.45) is 0. The first kappa shape index (κ1) is 26.8. The van der Waals surface area contributed by atoms with Gasteiger partial charge in [0, 0.05) is 24.0 Å². The molecule has 9 nitrogen and oxygen atoms in total. The summed E-state index contributed by atoms with van der Waals surface area (Å²) in [6.45, 7) is 6.09. The Morgan fingerprint density at radius 1 is 1.15 bits per heavy atom. The summed E-state index contributed by atoms with van der Waals surface area (Å²) < 4.78 is 27.0. The number of nitrogens with two attached hydrogens (primary N) is 1. The first-order valence-electron chi connectivity index (χ1n) is 12.9. The molecular weight excluding hydrogens is 513 g/mol. The van der Waals surface area contributed by atoms with Crippen molar-refractivity contribution in [3.63, 3.8) is 0 Å². The average molecular weight is 542 g/mol. The zero-order valence-corrected chi connectivity index (χ0v) is 22.3. The second-order valence-corrected chi connectivity index (χ2v) is 10.0. The van der Waals surface area contributed by atoms with E-state index in [1.54, 1.807) is 23.1 Å². The SMILES string of the molecule is Cc1ccc(C(=O)N(CCN)C(c2nc3c(oc4ccc(F)cc43)c(=O)n2Cc2ccc(C#N)o2)C(C)C)cc1. The standard InChI is InChI=1S/C30H28FN5O4/c1-17(2)26(35(13-12-32)29(37)19-6-4-18(3)5-7-19)28-34-25-23-14-20(31)8-11-24(23)40-27(25)30(38)36(28)16-22-10-9-21(15-33)39-22/h4-11,14,17,26H,12-13,16,32H2,1-3H3. The number of halogens is 1. The highest BCUT2D eigenvalue weighted by Gasteiger charge is 2.33. The number of nitrogens with zero attached hydrogens (tertiary/aromatic N) is 4. The summed E-state index contributed by atoms with van der Waals surface area (Å²) >= 11 is 0. The maximum absolute atomic E-state index is 14.2. The van der Waals surface area contributed by atoms with Crippen molar-refractivity contribution in [1.82, 2.24) is 14.5 Å². The van der Waals surface area contributed by atoms with Crippen molar-refractivity contribution in [2.45, 2.75) is 33.4 Å². The van der Waals surface area contributed by atoms with E-state index in [4.69, 9.17) is 19.6 Å². The number of aryl methyl sites for hydroxylation is 1. The van der Waals surface area contributed by atoms with E-state index in [9.17, 15) is 19.2 Å². The minimum absolute atomic E-state index is 0.0471. The van der Waals surface area contributed by atoms with Gasteiger partial charge in [-0.3, -0.25) is 14.2 Å². The fraction of sp³-hybridized carbons (Fsp3) is 0.267. The molecule has 5 rings (SSSR count). The largest absolute Gasteiger partial charge is 0.449 e. The number of hydrogen-bond acceptors (Lipinski definition) is 7. The van der Waals surface area contributed by atoms with Crippen LogP contribution < -0.4 is 11.3 Å². The second kappa shape index (κ2) is 10.8. The van der Waals surface area contributed by atoms with E-state index in [2.05, 4.69) is 0 Å². The van der Waals surface area contributed by atoms with Crippen LogP contribution in [0.3, 0.4) is 0 Å². The predicted molar refractivity (Wildman–Crippen MR) is 147 cm³/mol. The van der Waals surface area contributed by atoms with Crippen molar-refractivity contribution >= 4 is 28.0 Å². The predicted octanol–water partition coefficient (Wildman–Crippen LogP) is 4.90. The summed E-state index contributed by atoms with van der Waals surface area (Å²) in [5.74, 6) is -0.264. The maximum atomic E-state index is 14.2. The fourth-order valence-corrected chi connectivity index (χ4v) is 4.94. The van der Waals surface area contributed by atoms with Crippen LogP contribution in [0.2, 0.25) is 0 Å². The molecule has 0 radical (unpaired) electrons. The smallest absolute Gasteiger partial charge is 0.297 e. The van der Waals surface area contributed by atoms with Crippen molar-refractivity contribution < 1.29 is 18.0 Å². The zero-order chi connectivity index (χ0) is 28.6. The van der Waals surface area contributed by atoms with Crippen LogP contribution in [0, 0.1) is 30.0 Å². The van der Waals surface area contributed by atoms with Crippen LogP contribution in [0.15, 0.2) is 68.2 Å². The van der Waals surface area contributed by atoms with Gasteiger partial charge in [-0.1, -0.05) is 31.5 Å². The number of carbonyl (C=O) groups is 1. The molecule has 10 heteroatoms. The Hall–Kier alpha value is -4.75. The molecule has 3 aromatic heterocycles. The molecule has 1 atom stereocenters. The topological polar surface area (TPSA) is 131 Å². The van der Waals surface area contributed by atoms with Crippen LogP contribution in [-0.4, -0.2) is 33.4 Å². The molecule has 0 aliphatic heterocycles. The average Bonchev–Trinajstić information content (AvgIpc) is 3.54. The quantitative estimate of drug-likeness (QED) is 0.295. The molecule has 0 fully saturated rings. The highest BCUT2D eigenvalue weighted by molar-refractivity contribution is 6.02. The van der Waals surface area contributed by atoms with Crippen molar-refractivity contribution in [1.29, 1.82) is 5.26 Å². The molecule has 0 aliphatic rings. The Labute approximate surface area is 229 Å². The first-order valence-corrected chi connectivity index (χ1v) is 12.9. The Morgan fingerprint density at radius 2 is 1.90 bits per heavy atom. The molecule has 5 aromatic rings. The third kappa shape index (κ3) is 4.87. The van der Waals surface area contributed by atoms with Gasteiger partial charge in [-0.15, -0.1) is 0 Å². The van der Waals surface area contributed by atoms with Gasteiger partial charge in [0.25, 0.3) is 11.5 Å². The molecule has 0 saturated carbocycles. The Balaban J connectivity index is 1.76. The normalized spacial score (nSPS) is 12.2. The van der Waals surface area contributed by atoms with Gasteiger partial charge in [0.2, 0.25) is 11.3 Å². The molecular formula is C30H28FN5O4. The molecule has 1 amide bonds. The molecule has 1 unspecified atom stereocenters. The molecule has 0 bridgehead atoms. The number of rotatable bonds is 8. The van der Waals surface area contributed by atoms with E-state index >= 15 is 0 Å². The van der Waals surface area contributed by atoms with E-state index in [0.29, 0.717) is 22.3 Å². The molecule has 204 valence electrons. The Kier molecular flexibility index (Phi) is 7.24. The maximum Gasteiger partial charge on any atom is 0.297 e. The summed E-state index contributed by atoms with van der Waals surface area (Å²) in [7, 11) is 0. The summed E-state index contributed by atoms with van der Waals surface area (Å²) in [5.41, 5.74) is 7.40. The number of furan rings is 2. The van der Waals surface area contributed by atoms with Gasteiger partial charge >= 0.3 is 0 Å². The molecule has 0 spiro atoms. The summed E-state index contributed by atoms with van der Waals surface area (Å²) in [5, 5.41) is 9.57. The Morgan fingerprint density at radius 3 is 2.55 bits per heavy atom. The lowest BCUT2D eigenvalue weighted by Gasteiger charge is -2.35. The van der Waals surface area contributed by atoms with E-state index in [-0.39, 0.29) is 54.1 Å². The molecule has 2 aromatic carbocycles. The third-order valence-corrected chi connectivity index (χ3v) is 6.81. The number of fused-ring (bicyclic) bond motifs is 3. The summed E-state index contributed by atoms with van der Waals surface area (Å²) in [6, 6.07) is 15.5. The van der Waals surface area contributed by atoms with Crippen molar-refractivity contribution in [2.24, 2.45) is 11.7 Å². The minimum Gasteiger partial charge on any atom is -0.449 e. The van der Waals surface area contributed by atoms with Crippen LogP contribution in [0.1, 0.15) is 53.2 Å². The highest BCUT2D eigenvalue weighted by atomic mass is 19.1. The molecule has 2 N–H and O–H groups in total. The first-order chi connectivity index (χ1) is 19.2. The second-order valence-electron chi connectivity index (χ2n) is 10.0. The number of aromatic nitrogens is 2. The van der Waals surface area contributed by atoms with E-state index < -0.39 is 17.4 Å². The number of amides is 1. The van der Waals surface area contributed by atoms with Gasteiger partial charge in [-0.25, -0.2) is 9.37 Å². The van der Waals surface area contributed by atoms with E-state index in [0.717, 1.165) is 5.56 Å².